The molecule has 0 bridgehead atoms. The minimum Gasteiger partial charge on any atom is -0.349 e. The quantitative estimate of drug-likeness (QED) is 0.772. The highest BCUT2D eigenvalue weighted by molar-refractivity contribution is 5.95. The molecule has 0 atom stereocenters. The van der Waals surface area contributed by atoms with E-state index in [2.05, 4.69) is 17.3 Å². The molecule has 3 rings (SSSR count). The minimum atomic E-state index is -4.88. The first-order valence-corrected chi connectivity index (χ1v) is 9.06. The average molecular weight is 398 g/mol. The van der Waals surface area contributed by atoms with Gasteiger partial charge in [0, 0.05) is 6.04 Å². The number of para-hydroxylation sites is 1. The van der Waals surface area contributed by atoms with Gasteiger partial charge in [-0.15, -0.1) is 0 Å². The zero-order valence-corrected chi connectivity index (χ0v) is 15.4. The molecular weight excluding hydrogens is 376 g/mol. The van der Waals surface area contributed by atoms with Crippen molar-refractivity contribution in [1.29, 1.82) is 0 Å². The zero-order valence-electron chi connectivity index (χ0n) is 15.4. The molecule has 1 saturated carbocycles. The maximum Gasteiger partial charge on any atom is 0.434 e. The highest BCUT2D eigenvalue weighted by Crippen LogP contribution is 2.36. The summed E-state index contributed by atoms with van der Waals surface area (Å²) in [6, 6.07) is 4.74. The maximum absolute atomic E-state index is 14.0. The van der Waals surface area contributed by atoms with Crippen LogP contribution in [0, 0.1) is 11.2 Å². The Balaban J connectivity index is 1.86. The molecule has 0 radical (unpaired) electrons. The fourth-order valence-electron chi connectivity index (χ4n) is 3.52. The molecule has 5 nitrogen and oxygen atoms in total. The van der Waals surface area contributed by atoms with Gasteiger partial charge in [-0.1, -0.05) is 19.1 Å². The Hall–Kier alpha value is -2.42. The van der Waals surface area contributed by atoms with Gasteiger partial charge in [-0.3, -0.25) is 4.79 Å². The van der Waals surface area contributed by atoms with Gasteiger partial charge in [0.05, 0.1) is 11.8 Å². The molecule has 1 aromatic heterocycles. The molecule has 0 spiro atoms. The van der Waals surface area contributed by atoms with Gasteiger partial charge in [-0.2, -0.15) is 18.3 Å². The highest BCUT2D eigenvalue weighted by atomic mass is 19.4. The first kappa shape index (κ1) is 20.3. The van der Waals surface area contributed by atoms with Crippen LogP contribution >= 0.6 is 0 Å². The Labute approximate surface area is 159 Å². The van der Waals surface area contributed by atoms with Gasteiger partial charge in [0.1, 0.15) is 11.5 Å². The summed E-state index contributed by atoms with van der Waals surface area (Å²) in [4.78, 5) is 12.6. The molecule has 9 heteroatoms. The predicted molar refractivity (Wildman–Crippen MR) is 95.4 cm³/mol. The van der Waals surface area contributed by atoms with E-state index in [9.17, 15) is 22.4 Å². The lowest BCUT2D eigenvalue weighted by molar-refractivity contribution is -0.143. The summed E-state index contributed by atoms with van der Waals surface area (Å²) in [7, 11) is 0. The van der Waals surface area contributed by atoms with Crippen LogP contribution in [-0.2, 0) is 6.18 Å². The largest absolute Gasteiger partial charge is 0.434 e. The van der Waals surface area contributed by atoms with Crippen LogP contribution in [0.1, 0.15) is 48.7 Å². The maximum atomic E-state index is 14.0. The standard InChI is InChI=1S/C19H22F4N4O/c1-18(11-24)8-6-12(7-9-18)26-17(28)13-10-25-27(16(13)19(21,22)23)15-5-3-2-4-14(15)20/h2-5,10,12H,6-9,11,24H2,1H3,(H,26,28). The van der Waals surface area contributed by atoms with E-state index in [0.717, 1.165) is 25.1 Å². The van der Waals surface area contributed by atoms with Crippen LogP contribution in [0.25, 0.3) is 5.69 Å². The number of amides is 1. The van der Waals surface area contributed by atoms with Gasteiger partial charge in [-0.05, 0) is 49.8 Å². The number of aromatic nitrogens is 2. The minimum absolute atomic E-state index is 0.00588. The van der Waals surface area contributed by atoms with Gasteiger partial charge >= 0.3 is 6.18 Å². The SMILES string of the molecule is CC1(CN)CCC(NC(=O)c2cnn(-c3ccccc3F)c2C(F)(F)F)CC1. The lowest BCUT2D eigenvalue weighted by atomic mass is 9.74. The summed E-state index contributed by atoms with van der Waals surface area (Å²) in [6.45, 7) is 2.59. The molecule has 3 N–H and O–H groups in total. The molecule has 1 heterocycles. The Morgan fingerprint density at radius 2 is 1.96 bits per heavy atom. The number of nitrogens with two attached hydrogens (primary N) is 1. The molecule has 2 aromatic rings. The first-order chi connectivity index (χ1) is 13.1. The lowest BCUT2D eigenvalue weighted by Gasteiger charge is -2.36. The molecule has 0 unspecified atom stereocenters. The van der Waals surface area contributed by atoms with E-state index in [4.69, 9.17) is 5.73 Å². The van der Waals surface area contributed by atoms with Crippen molar-refractivity contribution in [3.63, 3.8) is 0 Å². The van der Waals surface area contributed by atoms with E-state index in [-0.39, 0.29) is 17.1 Å². The van der Waals surface area contributed by atoms with Crippen molar-refractivity contribution in [2.45, 2.75) is 44.8 Å². The molecule has 28 heavy (non-hydrogen) atoms. The molecule has 1 amide bonds. The second kappa shape index (κ2) is 7.54. The second-order valence-electron chi connectivity index (χ2n) is 7.53. The van der Waals surface area contributed by atoms with Crippen molar-refractivity contribution >= 4 is 5.91 Å². The van der Waals surface area contributed by atoms with Crippen LogP contribution in [0.15, 0.2) is 30.5 Å². The van der Waals surface area contributed by atoms with Crippen LogP contribution in [0.2, 0.25) is 0 Å². The molecule has 0 saturated heterocycles. The van der Waals surface area contributed by atoms with Gasteiger partial charge in [0.2, 0.25) is 0 Å². The molecule has 1 aliphatic carbocycles. The third-order valence-corrected chi connectivity index (χ3v) is 5.38. The highest BCUT2D eigenvalue weighted by Gasteiger charge is 2.41. The van der Waals surface area contributed by atoms with E-state index in [1.807, 2.05) is 0 Å². The number of nitrogens with one attached hydrogen (secondary N) is 1. The van der Waals surface area contributed by atoms with Crippen molar-refractivity contribution in [2.24, 2.45) is 11.1 Å². The molecule has 152 valence electrons. The van der Waals surface area contributed by atoms with Gasteiger partial charge < -0.3 is 11.1 Å². The number of alkyl halides is 3. The van der Waals surface area contributed by atoms with E-state index < -0.39 is 29.2 Å². The summed E-state index contributed by atoms with van der Waals surface area (Å²) in [5, 5.41) is 6.31. The third kappa shape index (κ3) is 4.04. The fourth-order valence-corrected chi connectivity index (χ4v) is 3.52. The summed E-state index contributed by atoms with van der Waals surface area (Å²) >= 11 is 0. The van der Waals surface area contributed by atoms with Gasteiger partial charge in [-0.25, -0.2) is 9.07 Å². The Kier molecular flexibility index (Phi) is 5.47. The van der Waals surface area contributed by atoms with Crippen LogP contribution in [-0.4, -0.2) is 28.3 Å². The van der Waals surface area contributed by atoms with Crippen molar-refractivity contribution in [3.8, 4) is 5.69 Å². The number of halogens is 4. The smallest absolute Gasteiger partial charge is 0.349 e. The van der Waals surface area contributed by atoms with E-state index >= 15 is 0 Å². The fraction of sp³-hybridized carbons (Fsp3) is 0.474. The molecule has 1 fully saturated rings. The number of carbonyl (C=O) groups is 1. The van der Waals surface area contributed by atoms with Crippen LogP contribution in [0.5, 0.6) is 0 Å². The molecule has 1 aliphatic rings. The van der Waals surface area contributed by atoms with Crippen LogP contribution in [0.4, 0.5) is 17.6 Å². The summed E-state index contributed by atoms with van der Waals surface area (Å²) in [5.74, 6) is -1.73. The Morgan fingerprint density at radius 3 is 2.54 bits per heavy atom. The predicted octanol–water partition coefficient (Wildman–Crippen LogP) is 3.67. The Morgan fingerprint density at radius 1 is 1.32 bits per heavy atom. The molecular formula is C19H22F4N4O. The van der Waals surface area contributed by atoms with Crippen molar-refractivity contribution in [1.82, 2.24) is 15.1 Å². The van der Waals surface area contributed by atoms with Gasteiger partial charge in [0.15, 0.2) is 5.69 Å². The number of rotatable bonds is 4. The zero-order chi connectivity index (χ0) is 20.5. The summed E-state index contributed by atoms with van der Waals surface area (Å²) in [5.41, 5.74) is 3.47. The first-order valence-electron chi connectivity index (χ1n) is 9.06. The normalized spacial score (nSPS) is 22.9. The van der Waals surface area contributed by atoms with E-state index in [0.29, 0.717) is 24.1 Å². The number of benzene rings is 1. The number of nitrogens with zero attached hydrogens (tertiary/aromatic N) is 2. The van der Waals surface area contributed by atoms with Crippen LogP contribution < -0.4 is 11.1 Å². The van der Waals surface area contributed by atoms with Crippen molar-refractivity contribution < 1.29 is 22.4 Å². The number of carbonyl (C=O) groups excluding carboxylic acids is 1. The molecule has 1 aromatic carbocycles. The number of hydrogen-bond acceptors (Lipinski definition) is 3. The summed E-state index contributed by atoms with van der Waals surface area (Å²) < 4.78 is 55.4. The molecule has 0 aliphatic heterocycles. The van der Waals surface area contributed by atoms with Gasteiger partial charge in [0.25, 0.3) is 5.91 Å². The van der Waals surface area contributed by atoms with E-state index in [1.165, 1.54) is 18.2 Å². The third-order valence-electron chi connectivity index (χ3n) is 5.38. The van der Waals surface area contributed by atoms with Crippen molar-refractivity contribution in [2.75, 3.05) is 6.54 Å². The number of hydrogen-bond donors (Lipinski definition) is 2. The van der Waals surface area contributed by atoms with Crippen LogP contribution in [0.3, 0.4) is 0 Å². The average Bonchev–Trinajstić information content (AvgIpc) is 3.10. The summed E-state index contributed by atoms with van der Waals surface area (Å²) in [6.07, 6.45) is -1.19. The van der Waals surface area contributed by atoms with Crippen molar-refractivity contribution in [3.05, 3.63) is 47.5 Å². The Bertz CT molecular complexity index is 854. The topological polar surface area (TPSA) is 72.9 Å². The second-order valence-corrected chi connectivity index (χ2v) is 7.53. The monoisotopic (exact) mass is 398 g/mol. The lowest BCUT2D eigenvalue weighted by Crippen LogP contribution is -2.42. The van der Waals surface area contributed by atoms with E-state index in [1.54, 1.807) is 0 Å².